The first-order valence-electron chi connectivity index (χ1n) is 28.5. The summed E-state index contributed by atoms with van der Waals surface area (Å²) in [4.78, 5) is 157. The van der Waals surface area contributed by atoms with Gasteiger partial charge in [0.15, 0.2) is 5.96 Å². The fourth-order valence-corrected chi connectivity index (χ4v) is 9.74. The maximum atomic E-state index is 14.1. The van der Waals surface area contributed by atoms with Gasteiger partial charge in [0.2, 0.25) is 53.2 Å². The summed E-state index contributed by atoms with van der Waals surface area (Å²) in [5.74, 6) is -9.47. The van der Waals surface area contributed by atoms with Crippen LogP contribution in [-0.2, 0) is 67.2 Å². The summed E-state index contributed by atoms with van der Waals surface area (Å²) in [6.07, 6.45) is -2.45. The van der Waals surface area contributed by atoms with Crippen LogP contribution in [0.5, 0.6) is 5.75 Å². The molecule has 10 atom stereocenters. The molecule has 476 valence electrons. The number of carbonyl (C=O) groups is 11. The van der Waals surface area contributed by atoms with Crippen LogP contribution in [-0.4, -0.2) is 177 Å². The average Bonchev–Trinajstić information content (AvgIpc) is 2.76. The molecule has 1 aromatic heterocycles. The van der Waals surface area contributed by atoms with Crippen LogP contribution in [0.2, 0.25) is 0 Å². The zero-order chi connectivity index (χ0) is 64.8. The van der Waals surface area contributed by atoms with Gasteiger partial charge in [0, 0.05) is 69.8 Å². The monoisotopic (exact) mass is 1220 g/mol. The van der Waals surface area contributed by atoms with Gasteiger partial charge in [0.25, 0.3) is 5.91 Å². The van der Waals surface area contributed by atoms with Crippen molar-refractivity contribution in [3.63, 3.8) is 0 Å². The number of carbonyl (C=O) groups excluding carboxylic acids is 11. The molecule has 4 aromatic rings. The molecular weight excluding hydrogens is 1140 g/mol. The lowest BCUT2D eigenvalue weighted by Gasteiger charge is -2.30. The number of aliphatic hydroxyl groups excluding tert-OH is 2. The van der Waals surface area contributed by atoms with Crippen molar-refractivity contribution in [3.05, 3.63) is 102 Å². The van der Waals surface area contributed by atoms with Crippen LogP contribution >= 0.6 is 0 Å². The molecular formula is C58H80N16O14. The van der Waals surface area contributed by atoms with Gasteiger partial charge in [-0.3, -0.25) is 58.4 Å². The van der Waals surface area contributed by atoms with Crippen molar-refractivity contribution in [2.45, 2.75) is 140 Å². The van der Waals surface area contributed by atoms with Gasteiger partial charge < -0.3 is 84.9 Å². The van der Waals surface area contributed by atoms with Crippen LogP contribution in [0.4, 0.5) is 4.79 Å². The summed E-state index contributed by atoms with van der Waals surface area (Å²) in [6, 6.07) is 8.44. The third-order valence-electron chi connectivity index (χ3n) is 14.2. The van der Waals surface area contributed by atoms with Gasteiger partial charge in [-0.1, -0.05) is 74.5 Å². The highest BCUT2D eigenvalue weighted by Crippen LogP contribution is 2.23. The fourth-order valence-electron chi connectivity index (χ4n) is 9.74. The number of aromatic amines is 1. The second-order valence-corrected chi connectivity index (χ2v) is 21.8. The number of β-amino-alcohol motifs (C(OH)–C–C–N with tert-alkyl or cyclic N) is 1. The quantitative estimate of drug-likeness (QED) is 0.0105. The molecule has 0 saturated carbocycles. The molecule has 88 heavy (non-hydrogen) atoms. The number of benzene rings is 3. The number of para-hydroxylation sites is 1. The van der Waals surface area contributed by atoms with E-state index in [1.54, 1.807) is 50.4 Å². The summed E-state index contributed by atoms with van der Waals surface area (Å²) < 4.78 is 0. The van der Waals surface area contributed by atoms with Gasteiger partial charge in [-0.15, -0.1) is 0 Å². The predicted octanol–water partition coefficient (Wildman–Crippen LogP) is -3.41. The van der Waals surface area contributed by atoms with Crippen molar-refractivity contribution in [1.29, 1.82) is 0 Å². The third kappa shape index (κ3) is 21.3. The summed E-state index contributed by atoms with van der Waals surface area (Å²) in [5, 5.41) is 52.5. The molecule has 1 fully saturated rings. The second kappa shape index (κ2) is 33.2. The molecule has 12 amide bonds. The van der Waals surface area contributed by atoms with Crippen molar-refractivity contribution in [3.8, 4) is 5.75 Å². The first kappa shape index (κ1) is 68.9. The number of fused-ring (bicyclic) bond motifs is 1. The maximum Gasteiger partial charge on any atom is 0.334 e. The van der Waals surface area contributed by atoms with E-state index in [4.69, 9.17) is 17.2 Å². The van der Waals surface area contributed by atoms with Crippen LogP contribution in [0.3, 0.4) is 0 Å². The number of nitrogens with one attached hydrogen (secondary N) is 11. The standard InChI is InChI=1S/C58H80N16O14/c1-30(2)22-42(51(82)66-40(16-11-21-63-57(61)62-5)50(81)67-41(49(60)80)25-35-28-64-39-15-10-9-14-38(35)39)70-58(88)73-72-53(84)43(23-33-12-7-6-8-13-33)69-55(86)48(31(3)75)71-52(83)44(27-47(59)79)68-54(85)46-26-37(78)29-74(46)56(87)45(65-32(4)76)24-34-17-19-36(77)20-18-34/h6-10,12-15,17-20,28,30-31,37,40-46,48,64,75,77-78H,11,16,21-27,29H2,1-5H3,(H2,59,79)(H2,60,80)(H,65,76)(H,66,82)(H,67,81)(H,68,85)(H,69,86)(H,71,83)(H,72,84)(H3,61,62,63)(H2,70,73,88)/t31-,37-,40?,41+,42+,43-,44+,45-,46+,48+/m1/s1. The van der Waals surface area contributed by atoms with Crippen molar-refractivity contribution >= 4 is 82.0 Å². The molecule has 30 nitrogen and oxygen atoms in total. The molecule has 3 aromatic carbocycles. The average molecular weight is 1230 g/mol. The number of phenols is 1. The Morgan fingerprint density at radius 1 is 0.670 bits per heavy atom. The number of nitrogens with zero attached hydrogens (tertiary/aromatic N) is 2. The van der Waals surface area contributed by atoms with Crippen LogP contribution in [0, 0.1) is 5.92 Å². The van der Waals surface area contributed by atoms with Gasteiger partial charge in [-0.2, -0.15) is 0 Å². The Labute approximate surface area is 507 Å². The molecule has 1 saturated heterocycles. The number of guanidine groups is 1. The number of amides is 12. The lowest BCUT2D eigenvalue weighted by atomic mass is 10.0. The molecule has 0 aliphatic carbocycles. The minimum atomic E-state index is -1.89. The molecule has 2 heterocycles. The lowest BCUT2D eigenvalue weighted by Crippen LogP contribution is -2.62. The Bertz CT molecular complexity index is 3140. The first-order chi connectivity index (χ1) is 41.7. The third-order valence-corrected chi connectivity index (χ3v) is 14.2. The Morgan fingerprint density at radius 2 is 1.28 bits per heavy atom. The van der Waals surface area contributed by atoms with E-state index in [1.807, 2.05) is 24.3 Å². The van der Waals surface area contributed by atoms with E-state index >= 15 is 0 Å². The number of rotatable bonds is 30. The zero-order valence-electron chi connectivity index (χ0n) is 49.5. The number of H-pyrrole nitrogens is 1. The van der Waals surface area contributed by atoms with Crippen LogP contribution in [0.15, 0.2) is 90.1 Å². The molecule has 0 spiro atoms. The smallest absolute Gasteiger partial charge is 0.334 e. The number of aromatic hydroxyl groups is 1. The number of hydrogen-bond acceptors (Lipinski definition) is 15. The lowest BCUT2D eigenvalue weighted by molar-refractivity contribution is -0.142. The highest BCUT2D eigenvalue weighted by atomic mass is 16.3. The Hall–Kier alpha value is -9.84. The molecule has 20 N–H and O–H groups in total. The van der Waals surface area contributed by atoms with Crippen molar-refractivity contribution < 1.29 is 68.1 Å². The summed E-state index contributed by atoms with van der Waals surface area (Å²) in [7, 11) is 1.48. The summed E-state index contributed by atoms with van der Waals surface area (Å²) in [6.45, 7) is 5.70. The molecule has 0 bridgehead atoms. The number of phenolic OH excluding ortho intramolecular Hbond substituents is 1. The first-order valence-corrected chi connectivity index (χ1v) is 28.5. The predicted molar refractivity (Wildman–Crippen MR) is 320 cm³/mol. The Balaban J connectivity index is 1.28. The van der Waals surface area contributed by atoms with Gasteiger partial charge in [-0.25, -0.2) is 10.2 Å². The Kier molecular flexibility index (Phi) is 26.0. The SMILES string of the molecule is CN=C(N)NCCCC(NC(=O)[C@H](CC(C)C)NC(=O)NNC(=O)[C@@H](Cc1ccccc1)NC(=O)[C@@H](NC(=O)[C@H](CC(N)=O)NC(=O)[C@@H]1C[C@@H](O)CN1C(=O)[C@@H](Cc1ccc(O)cc1)NC(C)=O)[C@@H](C)O)C(=O)N[C@@H](Cc1c[nH]c2ccccc12)C(N)=O. The zero-order valence-corrected chi connectivity index (χ0v) is 49.5. The largest absolute Gasteiger partial charge is 0.508 e. The molecule has 1 aliphatic rings. The van der Waals surface area contributed by atoms with Crippen molar-refractivity contribution in [2.75, 3.05) is 20.1 Å². The number of urea groups is 1. The van der Waals surface area contributed by atoms with Crippen LogP contribution < -0.4 is 70.6 Å². The molecule has 30 heteroatoms. The number of hydrazine groups is 1. The number of nitrogens with two attached hydrogens (primary N) is 3. The number of likely N-dealkylation sites (tertiary alicyclic amines) is 1. The maximum absolute atomic E-state index is 14.1. The van der Waals surface area contributed by atoms with Gasteiger partial charge in [0.05, 0.1) is 18.6 Å². The van der Waals surface area contributed by atoms with E-state index in [2.05, 4.69) is 63.4 Å². The fraction of sp³-hybridized carbons (Fsp3) is 0.448. The minimum Gasteiger partial charge on any atom is -0.508 e. The molecule has 1 aliphatic heterocycles. The van der Waals surface area contributed by atoms with Crippen molar-refractivity contribution in [2.24, 2.45) is 28.1 Å². The molecule has 0 radical (unpaired) electrons. The number of primary amides is 2. The van der Waals surface area contributed by atoms with Crippen LogP contribution in [0.1, 0.15) is 76.5 Å². The summed E-state index contributed by atoms with van der Waals surface area (Å²) in [5.41, 5.74) is 23.9. The van der Waals surface area contributed by atoms with Crippen molar-refractivity contribution in [1.82, 2.24) is 63.3 Å². The van der Waals surface area contributed by atoms with E-state index in [1.165, 1.54) is 38.2 Å². The van der Waals surface area contributed by atoms with Crippen LogP contribution in [0.25, 0.3) is 10.9 Å². The van der Waals surface area contributed by atoms with Gasteiger partial charge in [-0.05, 0) is 67.0 Å². The number of aliphatic imine (C=N–C) groups is 1. The number of hydrogen-bond donors (Lipinski definition) is 17. The molecule has 5 rings (SSSR count). The van der Waals surface area contributed by atoms with E-state index in [0.29, 0.717) is 16.7 Å². The Morgan fingerprint density at radius 3 is 1.92 bits per heavy atom. The molecule has 1 unspecified atom stereocenters. The minimum absolute atomic E-state index is 0.0122. The van der Waals surface area contributed by atoms with E-state index < -0.39 is 132 Å². The topological polar surface area (TPSA) is 478 Å². The second-order valence-electron chi connectivity index (χ2n) is 21.8. The normalized spacial score (nSPS) is 16.6. The van der Waals surface area contributed by atoms with E-state index in [0.717, 1.165) is 22.7 Å². The summed E-state index contributed by atoms with van der Waals surface area (Å²) >= 11 is 0. The van der Waals surface area contributed by atoms with Gasteiger partial charge in [0.1, 0.15) is 54.1 Å². The number of aliphatic hydroxyl groups is 2. The van der Waals surface area contributed by atoms with E-state index in [-0.39, 0.29) is 75.7 Å². The van der Waals surface area contributed by atoms with Gasteiger partial charge >= 0.3 is 6.03 Å². The number of aromatic nitrogens is 1. The highest BCUT2D eigenvalue weighted by molar-refractivity contribution is 5.99. The highest BCUT2D eigenvalue weighted by Gasteiger charge is 2.43. The van der Waals surface area contributed by atoms with E-state index in [9.17, 15) is 68.1 Å².